The van der Waals surface area contributed by atoms with Gasteiger partial charge in [-0.25, -0.2) is 0 Å². The Labute approximate surface area is 205 Å². The van der Waals surface area contributed by atoms with Crippen LogP contribution in [0, 0.1) is 0 Å². The number of benzene rings is 1. The summed E-state index contributed by atoms with van der Waals surface area (Å²) in [4.78, 5) is 0. The van der Waals surface area contributed by atoms with Crippen molar-refractivity contribution in [1.82, 2.24) is 0 Å². The van der Waals surface area contributed by atoms with E-state index in [1.54, 1.807) is 0 Å². The summed E-state index contributed by atoms with van der Waals surface area (Å²) in [5.74, 6) is 0. The van der Waals surface area contributed by atoms with Crippen molar-refractivity contribution in [1.29, 1.82) is 0 Å². The number of thiocarbonyl (C=S) groups is 1. The first-order valence-corrected chi connectivity index (χ1v) is 15.7. The largest absolute Gasteiger partial charge is 0.469 e. The first-order chi connectivity index (χ1) is 14.7. The molecular weight excluding hydrogens is 456 g/mol. The molecule has 3 atom stereocenters. The van der Waals surface area contributed by atoms with E-state index in [1.165, 1.54) is 11.8 Å². The van der Waals surface area contributed by atoms with E-state index in [9.17, 15) is 0 Å². The molecule has 7 heteroatoms. The average Bonchev–Trinajstić information content (AvgIpc) is 2.96. The van der Waals surface area contributed by atoms with Crippen LogP contribution in [0.25, 0.3) is 0 Å². The Bertz CT molecular complexity index is 781. The predicted octanol–water partition coefficient (Wildman–Crippen LogP) is 6.75. The smallest absolute Gasteiger partial charge is 0.220 e. The molecule has 1 unspecified atom stereocenters. The molecule has 0 saturated heterocycles. The Kier molecular flexibility index (Phi) is 9.59. The third-order valence-electron chi connectivity index (χ3n) is 5.86. The molecule has 0 bridgehead atoms. The molecule has 0 fully saturated rings. The lowest BCUT2D eigenvalue weighted by atomic mass is 10.1. The van der Waals surface area contributed by atoms with Gasteiger partial charge in [0.2, 0.25) is 4.38 Å². The lowest BCUT2D eigenvalue weighted by molar-refractivity contribution is -0.101. The fourth-order valence-corrected chi connectivity index (χ4v) is 4.76. The van der Waals surface area contributed by atoms with Crippen LogP contribution in [0.3, 0.4) is 0 Å². The number of hydrogen-bond donors (Lipinski definition) is 0. The van der Waals surface area contributed by atoms with Crippen molar-refractivity contribution in [2.75, 3.05) is 12.9 Å². The summed E-state index contributed by atoms with van der Waals surface area (Å²) in [5.41, 5.74) is 1.84. The van der Waals surface area contributed by atoms with Gasteiger partial charge in [-0.3, -0.25) is 0 Å². The van der Waals surface area contributed by atoms with Gasteiger partial charge in [0.15, 0.2) is 14.4 Å². The highest BCUT2D eigenvalue weighted by molar-refractivity contribution is 8.22. The maximum atomic E-state index is 6.79. The number of thioether (sulfide) groups is 1. The van der Waals surface area contributed by atoms with E-state index in [0.29, 0.717) is 17.6 Å². The highest BCUT2D eigenvalue weighted by Crippen LogP contribution is 2.41. The molecule has 1 aromatic rings. The van der Waals surface area contributed by atoms with E-state index in [1.807, 2.05) is 24.5 Å². The summed E-state index contributed by atoms with van der Waals surface area (Å²) in [6, 6.07) is 10.2. The highest BCUT2D eigenvalue weighted by Gasteiger charge is 2.47. The monoisotopic (exact) mass is 496 g/mol. The molecule has 0 N–H and O–H groups in total. The van der Waals surface area contributed by atoms with E-state index in [0.717, 1.165) is 11.1 Å². The second kappa shape index (κ2) is 11.1. The first kappa shape index (κ1) is 27.5. The summed E-state index contributed by atoms with van der Waals surface area (Å²) in [6.45, 7) is 18.4. The van der Waals surface area contributed by atoms with E-state index < -0.39 is 8.32 Å². The zero-order valence-corrected chi connectivity index (χ0v) is 23.7. The van der Waals surface area contributed by atoms with Crippen LogP contribution in [0.2, 0.25) is 18.1 Å². The van der Waals surface area contributed by atoms with Crippen molar-refractivity contribution in [3.05, 3.63) is 47.5 Å². The second-order valence-corrected chi connectivity index (χ2v) is 16.9. The van der Waals surface area contributed by atoms with E-state index in [-0.39, 0.29) is 29.0 Å². The minimum atomic E-state index is -2.05. The maximum absolute atomic E-state index is 6.79. The summed E-state index contributed by atoms with van der Waals surface area (Å²) in [7, 11) is -2.05. The fourth-order valence-electron chi connectivity index (χ4n) is 3.20. The quantitative estimate of drug-likeness (QED) is 0.225. The van der Waals surface area contributed by atoms with Gasteiger partial charge in [-0.15, -0.1) is 0 Å². The van der Waals surface area contributed by atoms with Crippen LogP contribution in [0.4, 0.5) is 0 Å². The van der Waals surface area contributed by atoms with Gasteiger partial charge in [0, 0.05) is 0 Å². The SMILES string of the molecule is CSC(=S)OC1[C@@H](O[Si](C)(C)C(C)(C)C)C=C(COCc2ccccc2)[C@H]1OC(C)(C)C. The summed E-state index contributed by atoms with van der Waals surface area (Å²) >= 11 is 6.86. The summed E-state index contributed by atoms with van der Waals surface area (Å²) < 4.78 is 26.1. The van der Waals surface area contributed by atoms with E-state index in [2.05, 4.69) is 72.8 Å². The van der Waals surface area contributed by atoms with Gasteiger partial charge in [0.05, 0.1) is 18.8 Å². The van der Waals surface area contributed by atoms with Crippen molar-refractivity contribution in [2.24, 2.45) is 0 Å². The zero-order valence-electron chi connectivity index (χ0n) is 21.1. The topological polar surface area (TPSA) is 36.9 Å². The minimum Gasteiger partial charge on any atom is -0.469 e. The Hall–Kier alpha value is -0.703. The highest BCUT2D eigenvalue weighted by atomic mass is 32.2. The standard InChI is InChI=1S/C25H40O4S2Si/c1-24(2,3)28-21-19(17-26-16-18-13-11-10-12-14-18)15-20(22(21)27-23(30)31-7)29-32(8,9)25(4,5)6/h10-15,20-22H,16-17H2,1-9H3/t20-,21+,22?/m0/s1. The van der Waals surface area contributed by atoms with Gasteiger partial charge in [-0.1, -0.05) is 62.9 Å². The maximum Gasteiger partial charge on any atom is 0.220 e. The Morgan fingerprint density at radius 2 is 1.66 bits per heavy atom. The Morgan fingerprint density at radius 1 is 1.03 bits per heavy atom. The van der Waals surface area contributed by atoms with Gasteiger partial charge in [-0.2, -0.15) is 0 Å². The van der Waals surface area contributed by atoms with Crippen LogP contribution < -0.4 is 0 Å². The predicted molar refractivity (Wildman–Crippen MR) is 142 cm³/mol. The average molecular weight is 497 g/mol. The van der Waals surface area contributed by atoms with Crippen LogP contribution in [0.15, 0.2) is 42.0 Å². The molecule has 1 aliphatic rings. The third kappa shape index (κ3) is 7.96. The molecule has 32 heavy (non-hydrogen) atoms. The molecule has 0 aliphatic heterocycles. The lowest BCUT2D eigenvalue weighted by Crippen LogP contribution is -2.49. The Balaban J connectivity index is 2.28. The molecule has 0 heterocycles. The van der Waals surface area contributed by atoms with Crippen molar-refractivity contribution in [3.63, 3.8) is 0 Å². The molecule has 180 valence electrons. The molecule has 0 radical (unpaired) electrons. The summed E-state index contributed by atoms with van der Waals surface area (Å²) in [5, 5.41) is 0.0817. The molecule has 4 nitrogen and oxygen atoms in total. The first-order valence-electron chi connectivity index (χ1n) is 11.2. The fraction of sp³-hybridized carbons (Fsp3) is 0.640. The molecule has 1 aromatic carbocycles. The van der Waals surface area contributed by atoms with Gasteiger partial charge in [0.1, 0.15) is 12.2 Å². The second-order valence-electron chi connectivity index (χ2n) is 10.8. The van der Waals surface area contributed by atoms with Crippen LogP contribution in [-0.2, 0) is 25.2 Å². The van der Waals surface area contributed by atoms with E-state index in [4.69, 9.17) is 30.9 Å². The molecular formula is C25H40O4S2Si. The van der Waals surface area contributed by atoms with Gasteiger partial charge in [-0.05, 0) is 74.6 Å². The van der Waals surface area contributed by atoms with Crippen LogP contribution in [0.5, 0.6) is 0 Å². The summed E-state index contributed by atoms with van der Waals surface area (Å²) in [6.07, 6.45) is 3.22. The number of rotatable bonds is 8. The molecule has 1 aliphatic carbocycles. The third-order valence-corrected chi connectivity index (χ3v) is 11.4. The van der Waals surface area contributed by atoms with Gasteiger partial charge in [0.25, 0.3) is 0 Å². The van der Waals surface area contributed by atoms with Crippen molar-refractivity contribution in [3.8, 4) is 0 Å². The molecule has 2 rings (SSSR count). The van der Waals surface area contributed by atoms with Gasteiger partial charge >= 0.3 is 0 Å². The minimum absolute atomic E-state index is 0.0817. The molecule has 0 aromatic heterocycles. The number of ether oxygens (including phenoxy) is 3. The molecule has 0 saturated carbocycles. The van der Waals surface area contributed by atoms with Gasteiger partial charge < -0.3 is 18.6 Å². The van der Waals surface area contributed by atoms with Crippen LogP contribution in [-0.4, -0.2) is 49.5 Å². The van der Waals surface area contributed by atoms with Crippen molar-refractivity contribution < 1.29 is 18.6 Å². The lowest BCUT2D eigenvalue weighted by Gasteiger charge is -2.40. The molecule has 0 spiro atoms. The Morgan fingerprint density at radius 3 is 2.19 bits per heavy atom. The van der Waals surface area contributed by atoms with Crippen molar-refractivity contribution >= 4 is 36.7 Å². The normalized spacial score (nSPS) is 22.0. The molecule has 0 amide bonds. The number of hydrogen-bond acceptors (Lipinski definition) is 6. The zero-order chi connectivity index (χ0) is 24.2. The van der Waals surface area contributed by atoms with E-state index >= 15 is 0 Å². The van der Waals surface area contributed by atoms with Crippen LogP contribution in [0.1, 0.15) is 47.1 Å². The van der Waals surface area contributed by atoms with Crippen molar-refractivity contribution in [2.45, 2.75) is 90.2 Å². The van der Waals surface area contributed by atoms with Crippen LogP contribution >= 0.6 is 24.0 Å².